The number of rotatable bonds is 1. The molecule has 66 valence electrons. The van der Waals surface area contributed by atoms with Crippen LogP contribution in [0.25, 0.3) is 5.70 Å². The maximum absolute atomic E-state index is 13.3. The average Bonchev–Trinajstić information content (AvgIpc) is 2.20. The summed E-state index contributed by atoms with van der Waals surface area (Å²) in [5.74, 6) is -0.117. The fourth-order valence-electron chi connectivity index (χ4n) is 1.31. The fourth-order valence-corrected chi connectivity index (χ4v) is 1.31. The van der Waals surface area contributed by atoms with Gasteiger partial charge in [-0.2, -0.15) is 30.3 Å². The van der Waals surface area contributed by atoms with E-state index in [-0.39, 0.29) is 57.2 Å². The molecule has 0 amide bonds. The Labute approximate surface area is 126 Å². The summed E-state index contributed by atoms with van der Waals surface area (Å²) in [5.41, 5.74) is 1.30. The zero-order valence-corrected chi connectivity index (χ0v) is 11.2. The van der Waals surface area contributed by atoms with Gasteiger partial charge in [-0.3, -0.25) is 4.99 Å². The summed E-state index contributed by atoms with van der Waals surface area (Å²) in [7, 11) is 0. The standard InChI is InChI=1S/C11H9FN.K/c12-10-7-4-8-13-11(10)9-5-2-1-3-6-9;/h2-3,5-6,8H,4,7H2;/q-1;+1. The van der Waals surface area contributed by atoms with Crippen LogP contribution in [0.3, 0.4) is 0 Å². The third kappa shape index (κ3) is 2.84. The van der Waals surface area contributed by atoms with Gasteiger partial charge in [0.25, 0.3) is 0 Å². The smallest absolute Gasteiger partial charge is 0.260 e. The van der Waals surface area contributed by atoms with Gasteiger partial charge < -0.3 is 0 Å². The SMILES string of the molecule is FC1=C(c2cc[c-]cc2)N=CCC1.[K+]. The maximum atomic E-state index is 13.3. The minimum Gasteiger partial charge on any atom is -0.260 e. The monoisotopic (exact) mass is 213 g/mol. The minimum absolute atomic E-state index is 0. The second-order valence-corrected chi connectivity index (χ2v) is 2.89. The second kappa shape index (κ2) is 5.93. The van der Waals surface area contributed by atoms with E-state index in [0.717, 1.165) is 5.56 Å². The molecule has 1 nitrogen and oxygen atoms in total. The number of aliphatic imine (C=N–C) groups is 1. The van der Waals surface area contributed by atoms with Gasteiger partial charge in [0.2, 0.25) is 0 Å². The molecule has 3 heteroatoms. The van der Waals surface area contributed by atoms with E-state index < -0.39 is 0 Å². The van der Waals surface area contributed by atoms with Gasteiger partial charge in [0, 0.05) is 12.6 Å². The van der Waals surface area contributed by atoms with Crippen LogP contribution in [0.4, 0.5) is 4.39 Å². The molecule has 0 bridgehead atoms. The van der Waals surface area contributed by atoms with Gasteiger partial charge in [0.1, 0.15) is 5.83 Å². The molecule has 1 aromatic carbocycles. The van der Waals surface area contributed by atoms with Crippen LogP contribution in [0.2, 0.25) is 0 Å². The van der Waals surface area contributed by atoms with Gasteiger partial charge in [-0.15, -0.1) is 5.56 Å². The van der Waals surface area contributed by atoms with Crippen LogP contribution in [0, 0.1) is 6.07 Å². The summed E-state index contributed by atoms with van der Waals surface area (Å²) in [6.07, 6.45) is 2.93. The van der Waals surface area contributed by atoms with E-state index in [9.17, 15) is 4.39 Å². The molecule has 0 saturated heterocycles. The van der Waals surface area contributed by atoms with Crippen molar-refractivity contribution in [3.05, 3.63) is 41.7 Å². The molecule has 0 aromatic heterocycles. The molecular weight excluding hydrogens is 204 g/mol. The van der Waals surface area contributed by atoms with Gasteiger partial charge in [-0.25, -0.2) is 4.39 Å². The van der Waals surface area contributed by atoms with Crippen LogP contribution >= 0.6 is 0 Å². The third-order valence-electron chi connectivity index (χ3n) is 1.96. The number of hydrogen-bond acceptors (Lipinski definition) is 1. The number of allylic oxidation sites excluding steroid dienone is 1. The van der Waals surface area contributed by atoms with E-state index in [4.69, 9.17) is 0 Å². The van der Waals surface area contributed by atoms with Crippen molar-refractivity contribution in [1.29, 1.82) is 0 Å². The minimum atomic E-state index is -0.117. The molecule has 0 radical (unpaired) electrons. The largest absolute Gasteiger partial charge is 1.00 e. The van der Waals surface area contributed by atoms with Crippen molar-refractivity contribution in [3.8, 4) is 0 Å². The van der Waals surface area contributed by atoms with Crippen molar-refractivity contribution >= 4 is 11.9 Å². The Bertz CT molecular complexity index is 357. The Balaban J connectivity index is 0.000000980. The van der Waals surface area contributed by atoms with Crippen molar-refractivity contribution in [2.24, 2.45) is 4.99 Å². The van der Waals surface area contributed by atoms with E-state index in [2.05, 4.69) is 11.1 Å². The van der Waals surface area contributed by atoms with Crippen molar-refractivity contribution < 1.29 is 55.8 Å². The van der Waals surface area contributed by atoms with E-state index >= 15 is 0 Å². The predicted octanol–water partition coefficient (Wildman–Crippen LogP) is -0.00651. The molecule has 1 aliphatic rings. The van der Waals surface area contributed by atoms with Crippen molar-refractivity contribution in [2.75, 3.05) is 0 Å². The van der Waals surface area contributed by atoms with Gasteiger partial charge in [-0.1, -0.05) is 0 Å². The molecule has 0 spiro atoms. The van der Waals surface area contributed by atoms with Gasteiger partial charge in [0.05, 0.1) is 5.70 Å². The van der Waals surface area contributed by atoms with E-state index in [1.807, 2.05) is 12.1 Å². The summed E-state index contributed by atoms with van der Waals surface area (Å²) in [5, 5.41) is 0. The van der Waals surface area contributed by atoms with E-state index in [0.29, 0.717) is 18.5 Å². The van der Waals surface area contributed by atoms with Gasteiger partial charge >= 0.3 is 51.4 Å². The molecule has 0 fully saturated rings. The van der Waals surface area contributed by atoms with E-state index in [1.165, 1.54) is 0 Å². The zero-order chi connectivity index (χ0) is 9.10. The van der Waals surface area contributed by atoms with Crippen molar-refractivity contribution in [2.45, 2.75) is 12.8 Å². The molecule has 0 saturated carbocycles. The summed E-state index contributed by atoms with van der Waals surface area (Å²) < 4.78 is 13.3. The summed E-state index contributed by atoms with van der Waals surface area (Å²) >= 11 is 0. The first-order valence-electron chi connectivity index (χ1n) is 4.25. The number of benzene rings is 1. The molecule has 0 atom stereocenters. The molecule has 14 heavy (non-hydrogen) atoms. The average molecular weight is 213 g/mol. The Morgan fingerprint density at radius 2 is 2.00 bits per heavy atom. The van der Waals surface area contributed by atoms with Crippen LogP contribution < -0.4 is 51.4 Å². The quantitative estimate of drug-likeness (QED) is 0.460. The van der Waals surface area contributed by atoms with Crippen LogP contribution in [0.1, 0.15) is 18.4 Å². The Kier molecular flexibility index (Phi) is 5.19. The molecule has 0 N–H and O–H groups in total. The van der Waals surface area contributed by atoms with Gasteiger partial charge in [0.15, 0.2) is 0 Å². The number of halogens is 1. The second-order valence-electron chi connectivity index (χ2n) is 2.89. The Hall–Kier alpha value is 0.196. The number of nitrogens with zero attached hydrogens (tertiary/aromatic N) is 1. The normalized spacial score (nSPS) is 15.2. The molecular formula is C11H9FKN. The summed E-state index contributed by atoms with van der Waals surface area (Å²) in [6.45, 7) is 0. The third-order valence-corrected chi connectivity index (χ3v) is 1.96. The molecule has 0 unspecified atom stereocenters. The molecule has 1 aliphatic heterocycles. The molecule has 1 heterocycles. The first-order valence-corrected chi connectivity index (χ1v) is 4.25. The zero-order valence-electron chi connectivity index (χ0n) is 8.13. The van der Waals surface area contributed by atoms with Crippen LogP contribution in [-0.4, -0.2) is 6.21 Å². The summed E-state index contributed by atoms with van der Waals surface area (Å²) in [4.78, 5) is 4.05. The molecule has 2 rings (SSSR count). The van der Waals surface area contributed by atoms with Crippen molar-refractivity contribution in [1.82, 2.24) is 0 Å². The topological polar surface area (TPSA) is 12.4 Å². The molecule has 1 aromatic rings. The molecule has 0 aliphatic carbocycles. The Morgan fingerprint density at radius 1 is 1.29 bits per heavy atom. The maximum Gasteiger partial charge on any atom is 1.00 e. The van der Waals surface area contributed by atoms with E-state index in [1.54, 1.807) is 18.3 Å². The summed E-state index contributed by atoms with van der Waals surface area (Å²) in [6, 6.07) is 10.1. The van der Waals surface area contributed by atoms with Crippen LogP contribution in [0.5, 0.6) is 0 Å². The van der Waals surface area contributed by atoms with Gasteiger partial charge in [-0.05, 0) is 6.42 Å². The van der Waals surface area contributed by atoms with Crippen LogP contribution in [0.15, 0.2) is 35.1 Å². The van der Waals surface area contributed by atoms with Crippen molar-refractivity contribution in [3.63, 3.8) is 0 Å². The van der Waals surface area contributed by atoms with Crippen LogP contribution in [-0.2, 0) is 0 Å². The predicted molar refractivity (Wildman–Crippen MR) is 51.0 cm³/mol. The Morgan fingerprint density at radius 3 is 2.64 bits per heavy atom. The first kappa shape index (κ1) is 12.3. The number of hydrogen-bond donors (Lipinski definition) is 0. The fraction of sp³-hybridized carbons (Fsp3) is 0.182. The first-order chi connectivity index (χ1) is 6.38.